The molecular weight excluding hydrogens is 404 g/mol. The summed E-state index contributed by atoms with van der Waals surface area (Å²) >= 11 is 3.12. The fourth-order valence-corrected chi connectivity index (χ4v) is 4.78. The second kappa shape index (κ2) is 7.37. The average Bonchev–Trinajstić information content (AvgIpc) is 3.47. The maximum Gasteiger partial charge on any atom is 0.237 e. The second-order valence-corrected chi connectivity index (χ2v) is 8.82. The third-order valence-electron chi connectivity index (χ3n) is 4.41. The Kier molecular flexibility index (Phi) is 4.57. The Morgan fingerprint density at radius 2 is 1.79 bits per heavy atom. The Labute approximate surface area is 175 Å². The Bertz CT molecular complexity index is 1220. The van der Waals surface area contributed by atoms with E-state index in [1.807, 2.05) is 18.9 Å². The molecule has 2 aromatic carbocycles. The van der Waals surface area contributed by atoms with E-state index in [-0.39, 0.29) is 5.37 Å². The zero-order valence-electron chi connectivity index (χ0n) is 15.7. The van der Waals surface area contributed by atoms with Gasteiger partial charge in [0.2, 0.25) is 11.1 Å². The molecule has 1 atom stereocenters. The molecule has 8 nitrogen and oxygen atoms in total. The summed E-state index contributed by atoms with van der Waals surface area (Å²) in [6.07, 6.45) is 3.22. The molecule has 0 N–H and O–H groups in total. The van der Waals surface area contributed by atoms with E-state index in [2.05, 4.69) is 62.9 Å². The monoisotopic (exact) mass is 420 g/mol. The van der Waals surface area contributed by atoms with Crippen LogP contribution in [0.4, 0.5) is 5.13 Å². The van der Waals surface area contributed by atoms with Crippen molar-refractivity contribution in [3.8, 4) is 0 Å². The van der Waals surface area contributed by atoms with E-state index in [1.165, 1.54) is 27.7 Å². The number of benzene rings is 2. The van der Waals surface area contributed by atoms with Gasteiger partial charge in [0.05, 0.1) is 5.04 Å². The van der Waals surface area contributed by atoms with Crippen LogP contribution in [0.5, 0.6) is 0 Å². The Hall–Kier alpha value is -3.11. The maximum absolute atomic E-state index is 4.77. The first-order chi connectivity index (χ1) is 14.2. The molecule has 144 valence electrons. The van der Waals surface area contributed by atoms with Gasteiger partial charge in [0.1, 0.15) is 23.0 Å². The zero-order chi connectivity index (χ0) is 19.8. The number of fused-ring (bicyclic) bond motifs is 1. The number of aromatic nitrogens is 5. The van der Waals surface area contributed by atoms with E-state index in [4.69, 9.17) is 10.1 Å². The van der Waals surface area contributed by atoms with Crippen molar-refractivity contribution in [1.82, 2.24) is 30.0 Å². The molecule has 1 unspecified atom stereocenters. The molecule has 0 saturated heterocycles. The molecule has 0 saturated carbocycles. The van der Waals surface area contributed by atoms with Gasteiger partial charge in [-0.2, -0.15) is 10.1 Å². The molecule has 0 radical (unpaired) electrons. The molecule has 4 aromatic rings. The van der Waals surface area contributed by atoms with Gasteiger partial charge in [-0.25, -0.2) is 5.01 Å². The number of thioether (sulfide) groups is 1. The van der Waals surface area contributed by atoms with Gasteiger partial charge >= 0.3 is 0 Å². The fourth-order valence-electron chi connectivity index (χ4n) is 3.20. The smallest absolute Gasteiger partial charge is 0.237 e. The van der Waals surface area contributed by atoms with Crippen molar-refractivity contribution in [1.29, 1.82) is 0 Å². The van der Waals surface area contributed by atoms with Crippen LogP contribution in [0.25, 0.3) is 10.8 Å². The van der Waals surface area contributed by atoms with Crippen molar-refractivity contribution < 1.29 is 0 Å². The standard InChI is InChI=1S/C19H16N8S2/c1-12-23-24-18(29-12)22-19(26-10-20-21-11-26)27-17(28-13(2)25-27)16-9-5-7-14-6-3-4-8-15(14)16/h3-11,17H,1-2H3. The third-order valence-corrected chi connectivity index (χ3v) is 6.24. The van der Waals surface area contributed by atoms with Gasteiger partial charge in [-0.15, -0.1) is 20.4 Å². The number of hydrogen-bond acceptors (Lipinski definition) is 8. The number of aryl methyl sites for hydroxylation is 1. The first-order valence-corrected chi connectivity index (χ1v) is 10.6. The highest BCUT2D eigenvalue weighted by atomic mass is 32.2. The quantitative estimate of drug-likeness (QED) is 0.357. The summed E-state index contributed by atoms with van der Waals surface area (Å²) in [6.45, 7) is 3.91. The van der Waals surface area contributed by atoms with Gasteiger partial charge in [-0.1, -0.05) is 65.6 Å². The minimum Gasteiger partial charge on any atom is -0.256 e. The molecule has 0 fully saturated rings. The summed E-state index contributed by atoms with van der Waals surface area (Å²) < 4.78 is 1.75. The average molecular weight is 421 g/mol. The normalized spacial score (nSPS) is 17.2. The van der Waals surface area contributed by atoms with Gasteiger partial charge in [-0.05, 0) is 30.2 Å². The highest BCUT2D eigenvalue weighted by Gasteiger charge is 2.33. The molecule has 1 aliphatic heterocycles. The molecular formula is C19H16N8S2. The van der Waals surface area contributed by atoms with Crippen molar-refractivity contribution in [2.24, 2.45) is 10.1 Å². The number of hydrogen-bond donors (Lipinski definition) is 0. The molecule has 1 aliphatic rings. The summed E-state index contributed by atoms with van der Waals surface area (Å²) in [5, 5.41) is 27.5. The predicted molar refractivity (Wildman–Crippen MR) is 116 cm³/mol. The largest absolute Gasteiger partial charge is 0.256 e. The molecule has 0 spiro atoms. The molecule has 2 aromatic heterocycles. The fraction of sp³-hybridized carbons (Fsp3) is 0.158. The lowest BCUT2D eigenvalue weighted by Crippen LogP contribution is -2.31. The van der Waals surface area contributed by atoms with Crippen LogP contribution < -0.4 is 0 Å². The van der Waals surface area contributed by atoms with E-state index < -0.39 is 0 Å². The van der Waals surface area contributed by atoms with Crippen LogP contribution in [-0.2, 0) is 0 Å². The molecule has 29 heavy (non-hydrogen) atoms. The topological polar surface area (TPSA) is 84.5 Å². The van der Waals surface area contributed by atoms with Gasteiger partial charge in [0.15, 0.2) is 0 Å². The summed E-state index contributed by atoms with van der Waals surface area (Å²) in [6, 6.07) is 14.7. The molecule has 0 bridgehead atoms. The van der Waals surface area contributed by atoms with Gasteiger partial charge in [0.25, 0.3) is 0 Å². The summed E-state index contributed by atoms with van der Waals surface area (Å²) in [5.74, 6) is 0.577. The third kappa shape index (κ3) is 3.40. The Morgan fingerprint density at radius 3 is 2.59 bits per heavy atom. The van der Waals surface area contributed by atoms with Crippen LogP contribution in [0.3, 0.4) is 0 Å². The van der Waals surface area contributed by atoms with Crippen molar-refractivity contribution in [2.45, 2.75) is 19.2 Å². The number of rotatable bonds is 2. The number of nitrogens with zero attached hydrogens (tertiary/aromatic N) is 8. The molecule has 5 rings (SSSR count). The first kappa shape index (κ1) is 18.0. The predicted octanol–water partition coefficient (Wildman–Crippen LogP) is 4.21. The maximum atomic E-state index is 4.77. The summed E-state index contributed by atoms with van der Waals surface area (Å²) in [7, 11) is 0. The Balaban J connectivity index is 1.65. The van der Waals surface area contributed by atoms with Crippen LogP contribution in [0.2, 0.25) is 0 Å². The lowest BCUT2D eigenvalue weighted by atomic mass is 10.0. The van der Waals surface area contributed by atoms with Crippen molar-refractivity contribution in [3.63, 3.8) is 0 Å². The summed E-state index contributed by atoms with van der Waals surface area (Å²) in [4.78, 5) is 4.74. The van der Waals surface area contributed by atoms with Crippen LogP contribution >= 0.6 is 23.1 Å². The van der Waals surface area contributed by atoms with Gasteiger partial charge < -0.3 is 0 Å². The zero-order valence-corrected chi connectivity index (χ0v) is 17.3. The van der Waals surface area contributed by atoms with Crippen LogP contribution in [-0.4, -0.2) is 41.0 Å². The number of hydrazone groups is 1. The SMILES string of the molecule is CC1=NN(C(=Nc2nnc(C)s2)n2cnnc2)C(c2cccc3ccccc23)S1. The molecule has 10 heteroatoms. The van der Waals surface area contributed by atoms with E-state index >= 15 is 0 Å². The lowest BCUT2D eigenvalue weighted by molar-refractivity contribution is 0.426. The molecule has 0 amide bonds. The van der Waals surface area contributed by atoms with Crippen LogP contribution in [0, 0.1) is 6.92 Å². The van der Waals surface area contributed by atoms with Crippen molar-refractivity contribution in [2.75, 3.05) is 0 Å². The van der Waals surface area contributed by atoms with Crippen molar-refractivity contribution >= 4 is 50.0 Å². The summed E-state index contributed by atoms with van der Waals surface area (Å²) in [5.41, 5.74) is 1.17. The highest BCUT2D eigenvalue weighted by molar-refractivity contribution is 8.14. The van der Waals surface area contributed by atoms with E-state index in [9.17, 15) is 0 Å². The van der Waals surface area contributed by atoms with Gasteiger partial charge in [-0.3, -0.25) is 4.57 Å². The van der Waals surface area contributed by atoms with E-state index in [0.717, 1.165) is 10.1 Å². The lowest BCUT2D eigenvalue weighted by Gasteiger charge is -2.25. The van der Waals surface area contributed by atoms with E-state index in [1.54, 1.807) is 29.0 Å². The van der Waals surface area contributed by atoms with Gasteiger partial charge in [0, 0.05) is 0 Å². The number of aliphatic imine (C=N–C) groups is 1. The van der Waals surface area contributed by atoms with Crippen molar-refractivity contribution in [3.05, 3.63) is 65.7 Å². The minimum atomic E-state index is -0.0729. The molecule has 0 aliphatic carbocycles. The van der Waals surface area contributed by atoms with E-state index in [0.29, 0.717) is 11.1 Å². The first-order valence-electron chi connectivity index (χ1n) is 8.91. The minimum absolute atomic E-state index is 0.0729. The second-order valence-electron chi connectivity index (χ2n) is 6.39. The van der Waals surface area contributed by atoms with Crippen LogP contribution in [0.15, 0.2) is 65.2 Å². The highest BCUT2D eigenvalue weighted by Crippen LogP contribution is 2.42. The van der Waals surface area contributed by atoms with Crippen LogP contribution in [0.1, 0.15) is 22.9 Å². The Morgan fingerprint density at radius 1 is 1.00 bits per heavy atom. The molecule has 3 heterocycles.